The first-order valence-electron chi connectivity index (χ1n) is 12.7. The van der Waals surface area contributed by atoms with E-state index in [1.807, 2.05) is 31.2 Å². The van der Waals surface area contributed by atoms with Crippen LogP contribution in [0, 0.1) is 11.6 Å². The van der Waals surface area contributed by atoms with E-state index in [1.54, 1.807) is 41.6 Å². The molecule has 0 aliphatic carbocycles. The summed E-state index contributed by atoms with van der Waals surface area (Å²) in [6.45, 7) is 3.48. The Bertz CT molecular complexity index is 1360. The van der Waals surface area contributed by atoms with Crippen molar-refractivity contribution in [3.05, 3.63) is 108 Å². The number of rotatable bonds is 6. The van der Waals surface area contributed by atoms with Crippen molar-refractivity contribution in [1.29, 1.82) is 0 Å². The van der Waals surface area contributed by atoms with Crippen molar-refractivity contribution in [3.63, 3.8) is 0 Å². The third-order valence-electron chi connectivity index (χ3n) is 7.25. The first kappa shape index (κ1) is 25.8. The van der Waals surface area contributed by atoms with E-state index in [1.165, 1.54) is 28.8 Å². The Morgan fingerprint density at radius 1 is 0.868 bits per heavy atom. The average Bonchev–Trinajstić information content (AvgIpc) is 3.35. The van der Waals surface area contributed by atoms with Crippen LogP contribution in [-0.2, 0) is 4.79 Å². The van der Waals surface area contributed by atoms with Gasteiger partial charge < -0.3 is 10.6 Å². The summed E-state index contributed by atoms with van der Waals surface area (Å²) in [7, 11) is 0. The molecule has 1 amide bonds. The van der Waals surface area contributed by atoms with E-state index in [9.17, 15) is 18.4 Å². The second-order valence-electron chi connectivity index (χ2n) is 9.88. The van der Waals surface area contributed by atoms with Crippen LogP contribution in [-0.4, -0.2) is 57.9 Å². The summed E-state index contributed by atoms with van der Waals surface area (Å²) in [5.41, 5.74) is 7.95. The Labute approximate surface area is 220 Å². The van der Waals surface area contributed by atoms with Gasteiger partial charge in [-0.15, -0.1) is 0 Å². The second-order valence-corrected chi connectivity index (χ2v) is 9.88. The lowest BCUT2D eigenvalue weighted by molar-refractivity contribution is -0.134. The standard InChI is InChI=1S/C30H30F2N4O2/c1-20-17-34(28(37)16-27(33)30(38)35-18-23-4-2-3-5-24(23)19-35)14-15-36(20)29(21-6-10-25(31)11-7-21)22-8-12-26(32)13-9-22/h2-13,18-20,27,29H,14-17,33H2,1H3/t20-,27-/m0/s1. The van der Waals surface area contributed by atoms with Crippen molar-refractivity contribution < 1.29 is 18.4 Å². The fourth-order valence-electron chi connectivity index (χ4n) is 5.25. The Balaban J connectivity index is 1.27. The maximum atomic E-state index is 13.6. The zero-order valence-corrected chi connectivity index (χ0v) is 21.1. The molecule has 0 unspecified atom stereocenters. The molecule has 0 radical (unpaired) electrons. The third-order valence-corrected chi connectivity index (χ3v) is 7.25. The topological polar surface area (TPSA) is 71.6 Å². The molecule has 8 heteroatoms. The van der Waals surface area contributed by atoms with Gasteiger partial charge in [-0.2, -0.15) is 0 Å². The monoisotopic (exact) mass is 516 g/mol. The lowest BCUT2D eigenvalue weighted by atomic mass is 9.94. The zero-order valence-electron chi connectivity index (χ0n) is 21.1. The molecule has 2 N–H and O–H groups in total. The van der Waals surface area contributed by atoms with Crippen LogP contribution in [0.3, 0.4) is 0 Å². The number of hydrogen-bond donors (Lipinski definition) is 1. The van der Waals surface area contributed by atoms with Crippen LogP contribution < -0.4 is 5.73 Å². The normalized spacial score (nSPS) is 17.2. The maximum Gasteiger partial charge on any atom is 0.248 e. The van der Waals surface area contributed by atoms with Crippen LogP contribution >= 0.6 is 0 Å². The van der Waals surface area contributed by atoms with Crippen LogP contribution in [0.25, 0.3) is 10.8 Å². The van der Waals surface area contributed by atoms with Crippen molar-refractivity contribution in [3.8, 4) is 0 Å². The lowest BCUT2D eigenvalue weighted by Crippen LogP contribution is -2.55. The zero-order chi connectivity index (χ0) is 26.8. The molecule has 2 atom stereocenters. The fourth-order valence-corrected chi connectivity index (χ4v) is 5.25. The van der Waals surface area contributed by atoms with E-state index in [4.69, 9.17) is 5.73 Å². The number of aromatic nitrogens is 1. The van der Waals surface area contributed by atoms with Crippen molar-refractivity contribution in [2.45, 2.75) is 31.5 Å². The van der Waals surface area contributed by atoms with Gasteiger partial charge in [0, 0.05) is 38.1 Å². The summed E-state index contributed by atoms with van der Waals surface area (Å²) >= 11 is 0. The molecule has 1 aliphatic heterocycles. The number of benzene rings is 3. The minimum Gasteiger partial charge on any atom is -0.340 e. The number of fused-ring (bicyclic) bond motifs is 1. The van der Waals surface area contributed by atoms with Gasteiger partial charge in [0.05, 0.1) is 18.5 Å². The molecule has 1 fully saturated rings. The van der Waals surface area contributed by atoms with Gasteiger partial charge in [0.25, 0.3) is 0 Å². The van der Waals surface area contributed by atoms with Gasteiger partial charge in [-0.1, -0.05) is 48.5 Å². The summed E-state index contributed by atoms with van der Waals surface area (Å²) in [6.07, 6.45) is 3.38. The van der Waals surface area contributed by atoms with E-state index in [0.717, 1.165) is 21.9 Å². The number of hydrogen-bond acceptors (Lipinski definition) is 4. The average molecular weight is 517 g/mol. The van der Waals surface area contributed by atoms with E-state index in [2.05, 4.69) is 4.90 Å². The summed E-state index contributed by atoms with van der Waals surface area (Å²) in [5.74, 6) is -1.15. The number of amides is 1. The molecule has 196 valence electrons. The van der Waals surface area contributed by atoms with Crippen molar-refractivity contribution in [2.24, 2.45) is 5.73 Å². The molecule has 0 bridgehead atoms. The highest BCUT2D eigenvalue weighted by atomic mass is 19.1. The highest BCUT2D eigenvalue weighted by Gasteiger charge is 2.34. The predicted molar refractivity (Wildman–Crippen MR) is 143 cm³/mol. The highest BCUT2D eigenvalue weighted by Crippen LogP contribution is 2.32. The number of nitrogens with zero attached hydrogens (tertiary/aromatic N) is 3. The molecule has 1 saturated heterocycles. The fraction of sp³-hybridized carbons (Fsp3) is 0.267. The Morgan fingerprint density at radius 3 is 1.89 bits per heavy atom. The largest absolute Gasteiger partial charge is 0.340 e. The second kappa shape index (κ2) is 10.8. The molecule has 0 spiro atoms. The number of halogens is 2. The molecule has 4 aromatic rings. The van der Waals surface area contributed by atoms with Gasteiger partial charge in [-0.3, -0.25) is 19.1 Å². The molecule has 3 aromatic carbocycles. The highest BCUT2D eigenvalue weighted by molar-refractivity contribution is 5.94. The van der Waals surface area contributed by atoms with Crippen LogP contribution in [0.15, 0.2) is 85.2 Å². The van der Waals surface area contributed by atoms with E-state index in [0.29, 0.717) is 19.6 Å². The van der Waals surface area contributed by atoms with Gasteiger partial charge in [0.1, 0.15) is 11.6 Å². The van der Waals surface area contributed by atoms with Crippen molar-refractivity contribution >= 4 is 22.6 Å². The first-order chi connectivity index (χ1) is 18.3. The summed E-state index contributed by atoms with van der Waals surface area (Å²) in [4.78, 5) is 30.0. The molecule has 1 aromatic heterocycles. The van der Waals surface area contributed by atoms with Crippen LogP contribution in [0.1, 0.15) is 35.3 Å². The van der Waals surface area contributed by atoms with E-state index in [-0.39, 0.29) is 42.0 Å². The van der Waals surface area contributed by atoms with Gasteiger partial charge >= 0.3 is 0 Å². The Hall–Kier alpha value is -3.88. The summed E-state index contributed by atoms with van der Waals surface area (Å²) < 4.78 is 28.7. The molecule has 6 nitrogen and oxygen atoms in total. The quantitative estimate of drug-likeness (QED) is 0.407. The molecule has 2 heterocycles. The Morgan fingerprint density at radius 2 is 1.39 bits per heavy atom. The van der Waals surface area contributed by atoms with E-state index >= 15 is 0 Å². The lowest BCUT2D eigenvalue weighted by Gasteiger charge is -2.44. The number of piperazine rings is 1. The van der Waals surface area contributed by atoms with Crippen LogP contribution in [0.5, 0.6) is 0 Å². The van der Waals surface area contributed by atoms with Gasteiger partial charge in [0.15, 0.2) is 0 Å². The molecule has 1 aliphatic rings. The van der Waals surface area contributed by atoms with Crippen LogP contribution in [0.2, 0.25) is 0 Å². The predicted octanol–water partition coefficient (Wildman–Crippen LogP) is 4.60. The molecular weight excluding hydrogens is 486 g/mol. The number of nitrogens with two attached hydrogens (primary N) is 1. The Kier molecular flexibility index (Phi) is 7.35. The summed E-state index contributed by atoms with van der Waals surface area (Å²) in [6, 6.07) is 19.0. The molecule has 0 saturated carbocycles. The molecular formula is C30H30F2N4O2. The SMILES string of the molecule is C[C@H]1CN(C(=O)C[C@H](N)C(=O)n2cc3ccccc3c2)CCN1C(c1ccc(F)cc1)c1ccc(F)cc1. The van der Waals surface area contributed by atoms with Crippen LogP contribution in [0.4, 0.5) is 8.78 Å². The molecule has 5 rings (SSSR count). The number of carbonyl (C=O) groups is 2. The minimum atomic E-state index is -0.955. The van der Waals surface area contributed by atoms with Crippen molar-refractivity contribution in [1.82, 2.24) is 14.4 Å². The van der Waals surface area contributed by atoms with Gasteiger partial charge in [-0.25, -0.2) is 8.78 Å². The maximum absolute atomic E-state index is 13.6. The first-order valence-corrected chi connectivity index (χ1v) is 12.7. The number of carbonyl (C=O) groups excluding carboxylic acids is 2. The summed E-state index contributed by atoms with van der Waals surface area (Å²) in [5, 5.41) is 1.86. The molecule has 38 heavy (non-hydrogen) atoms. The van der Waals surface area contributed by atoms with E-state index < -0.39 is 6.04 Å². The minimum absolute atomic E-state index is 0.0468. The van der Waals surface area contributed by atoms with Gasteiger partial charge in [0.2, 0.25) is 11.8 Å². The third kappa shape index (κ3) is 5.37. The van der Waals surface area contributed by atoms with Gasteiger partial charge in [-0.05, 0) is 53.1 Å². The van der Waals surface area contributed by atoms with Crippen molar-refractivity contribution in [2.75, 3.05) is 19.6 Å². The smallest absolute Gasteiger partial charge is 0.248 e.